The summed E-state index contributed by atoms with van der Waals surface area (Å²) in [5, 5.41) is 0. The summed E-state index contributed by atoms with van der Waals surface area (Å²) >= 11 is 0. The van der Waals surface area contributed by atoms with Crippen LogP contribution in [0.4, 0.5) is 4.39 Å². The molecule has 2 aromatic heterocycles. The smallest absolute Gasteiger partial charge is 0.213 e. The monoisotopic (exact) mass is 349 g/mol. The van der Waals surface area contributed by atoms with E-state index in [2.05, 4.69) is 21.8 Å². The van der Waals surface area contributed by atoms with Gasteiger partial charge in [0, 0.05) is 24.8 Å². The quantitative estimate of drug-likeness (QED) is 0.830. The minimum atomic E-state index is -0.200. The summed E-state index contributed by atoms with van der Waals surface area (Å²) in [6, 6.07) is 7.87. The molecule has 2 aromatic rings. The molecule has 0 spiro atoms. The molecule has 24 heavy (non-hydrogen) atoms. The minimum Gasteiger partial charge on any atom is -0.481 e. The maximum absolute atomic E-state index is 13.7. The van der Waals surface area contributed by atoms with Gasteiger partial charge in [-0.1, -0.05) is 6.07 Å². The largest absolute Gasteiger partial charge is 0.481 e. The summed E-state index contributed by atoms with van der Waals surface area (Å²) in [4.78, 5) is 10.7. The van der Waals surface area contributed by atoms with Crippen LogP contribution in [0.2, 0.25) is 0 Å². The van der Waals surface area contributed by atoms with Gasteiger partial charge in [-0.05, 0) is 49.9 Å². The fourth-order valence-electron chi connectivity index (χ4n) is 3.23. The van der Waals surface area contributed by atoms with Crippen molar-refractivity contribution in [3.63, 3.8) is 0 Å². The predicted octanol–water partition coefficient (Wildman–Crippen LogP) is 3.36. The highest BCUT2D eigenvalue weighted by Crippen LogP contribution is 2.29. The van der Waals surface area contributed by atoms with Crippen molar-refractivity contribution in [3.05, 3.63) is 53.7 Å². The first-order chi connectivity index (χ1) is 11.2. The molecule has 6 heteroatoms. The van der Waals surface area contributed by atoms with Gasteiger partial charge in [-0.3, -0.25) is 9.88 Å². The lowest BCUT2D eigenvalue weighted by Gasteiger charge is -2.24. The fraction of sp³-hybridized carbons (Fsp3) is 0.444. The molecule has 130 valence electrons. The molecule has 1 unspecified atom stereocenters. The van der Waals surface area contributed by atoms with Gasteiger partial charge < -0.3 is 4.74 Å². The zero-order chi connectivity index (χ0) is 16.2. The van der Waals surface area contributed by atoms with Crippen molar-refractivity contribution in [1.82, 2.24) is 14.9 Å². The molecule has 0 aliphatic carbocycles. The third kappa shape index (κ3) is 4.24. The van der Waals surface area contributed by atoms with Gasteiger partial charge in [-0.15, -0.1) is 0 Å². The van der Waals surface area contributed by atoms with Crippen LogP contribution in [0.5, 0.6) is 5.88 Å². The Bertz CT molecular complexity index is 670. The first kappa shape index (κ1) is 18.7. The SMILES string of the molecule is COc1cccc(C(C)N2CC[C@H](Cc3ccncc3F)C2)n1.S. The standard InChI is InChI=1S/C18H22FN3O.H2S/c1-13(17-4-3-5-18(21-17)23-2)22-9-7-14(12-22)10-15-6-8-20-11-16(15)19;/h3-6,8,11,13-14H,7,9-10,12H2,1-2H3;1H2/t13?,14-;/m1./s1. The first-order valence-corrected chi connectivity index (χ1v) is 8.00. The number of aromatic nitrogens is 2. The van der Waals surface area contributed by atoms with E-state index in [9.17, 15) is 4.39 Å². The van der Waals surface area contributed by atoms with Crippen molar-refractivity contribution in [3.8, 4) is 5.88 Å². The molecular weight excluding hydrogens is 325 g/mol. The van der Waals surface area contributed by atoms with Gasteiger partial charge in [0.25, 0.3) is 0 Å². The molecule has 2 atom stereocenters. The Morgan fingerprint density at radius 1 is 1.38 bits per heavy atom. The van der Waals surface area contributed by atoms with Crippen molar-refractivity contribution >= 4 is 13.5 Å². The number of nitrogens with zero attached hydrogens (tertiary/aromatic N) is 3. The minimum absolute atomic E-state index is 0. The van der Waals surface area contributed by atoms with Gasteiger partial charge in [0.1, 0.15) is 5.82 Å². The third-order valence-corrected chi connectivity index (χ3v) is 4.61. The van der Waals surface area contributed by atoms with Crippen LogP contribution in [0.15, 0.2) is 36.7 Å². The summed E-state index contributed by atoms with van der Waals surface area (Å²) in [7, 11) is 1.63. The van der Waals surface area contributed by atoms with Gasteiger partial charge in [-0.25, -0.2) is 9.37 Å². The van der Waals surface area contributed by atoms with E-state index in [1.807, 2.05) is 18.2 Å². The second kappa shape index (κ2) is 8.44. The number of methoxy groups -OCH3 is 1. The van der Waals surface area contributed by atoms with Gasteiger partial charge in [-0.2, -0.15) is 13.5 Å². The van der Waals surface area contributed by atoms with Crippen LogP contribution in [0.3, 0.4) is 0 Å². The zero-order valence-electron chi connectivity index (χ0n) is 14.1. The van der Waals surface area contributed by atoms with Crippen molar-refractivity contribution in [2.45, 2.75) is 25.8 Å². The summed E-state index contributed by atoms with van der Waals surface area (Å²) < 4.78 is 19.0. The van der Waals surface area contributed by atoms with E-state index >= 15 is 0 Å². The number of pyridine rings is 2. The summed E-state index contributed by atoms with van der Waals surface area (Å²) in [5.74, 6) is 0.914. The Kier molecular flexibility index (Phi) is 6.57. The van der Waals surface area contributed by atoms with Crippen molar-refractivity contribution < 1.29 is 9.13 Å². The van der Waals surface area contributed by atoms with Crippen LogP contribution in [0.25, 0.3) is 0 Å². The van der Waals surface area contributed by atoms with Gasteiger partial charge in [0.15, 0.2) is 0 Å². The molecule has 0 aromatic carbocycles. The van der Waals surface area contributed by atoms with E-state index in [0.29, 0.717) is 11.8 Å². The summed E-state index contributed by atoms with van der Waals surface area (Å²) in [6.45, 7) is 4.14. The molecule has 1 aliphatic rings. The molecule has 1 fully saturated rings. The summed E-state index contributed by atoms with van der Waals surface area (Å²) in [5.41, 5.74) is 1.78. The topological polar surface area (TPSA) is 38.2 Å². The highest BCUT2D eigenvalue weighted by Gasteiger charge is 2.28. The lowest BCUT2D eigenvalue weighted by Crippen LogP contribution is -2.25. The average molecular weight is 349 g/mol. The molecule has 1 aliphatic heterocycles. The molecule has 1 saturated heterocycles. The van der Waals surface area contributed by atoms with Crippen LogP contribution >= 0.6 is 13.5 Å². The first-order valence-electron chi connectivity index (χ1n) is 8.00. The van der Waals surface area contributed by atoms with E-state index < -0.39 is 0 Å². The molecule has 0 bridgehead atoms. The van der Waals surface area contributed by atoms with Gasteiger partial charge >= 0.3 is 0 Å². The van der Waals surface area contributed by atoms with Crippen LogP contribution in [0, 0.1) is 11.7 Å². The molecule has 0 radical (unpaired) electrons. The lowest BCUT2D eigenvalue weighted by atomic mass is 9.99. The maximum atomic E-state index is 13.7. The Labute approximate surface area is 149 Å². The fourth-order valence-corrected chi connectivity index (χ4v) is 3.23. The number of hydrogen-bond acceptors (Lipinski definition) is 4. The van der Waals surface area contributed by atoms with Crippen LogP contribution < -0.4 is 4.74 Å². The van der Waals surface area contributed by atoms with Crippen LogP contribution in [-0.4, -0.2) is 35.1 Å². The van der Waals surface area contributed by atoms with Crippen LogP contribution in [-0.2, 0) is 6.42 Å². The van der Waals surface area contributed by atoms with E-state index in [4.69, 9.17) is 4.74 Å². The van der Waals surface area contributed by atoms with Gasteiger partial charge in [0.2, 0.25) is 5.88 Å². The zero-order valence-corrected chi connectivity index (χ0v) is 15.1. The number of likely N-dealkylation sites (tertiary alicyclic amines) is 1. The molecular formula is C18H24FN3OS. The van der Waals surface area contributed by atoms with E-state index in [1.165, 1.54) is 6.20 Å². The Morgan fingerprint density at radius 2 is 2.21 bits per heavy atom. The van der Waals surface area contributed by atoms with E-state index in [0.717, 1.165) is 37.2 Å². The van der Waals surface area contributed by atoms with Crippen LogP contribution in [0.1, 0.15) is 30.6 Å². The van der Waals surface area contributed by atoms with E-state index in [-0.39, 0.29) is 25.4 Å². The second-order valence-electron chi connectivity index (χ2n) is 6.10. The van der Waals surface area contributed by atoms with Gasteiger partial charge in [0.05, 0.1) is 19.0 Å². The molecule has 3 heterocycles. The second-order valence-corrected chi connectivity index (χ2v) is 6.10. The average Bonchev–Trinajstić information content (AvgIpc) is 3.05. The third-order valence-electron chi connectivity index (χ3n) is 4.61. The number of rotatable bonds is 5. The van der Waals surface area contributed by atoms with Crippen molar-refractivity contribution in [2.75, 3.05) is 20.2 Å². The number of ether oxygens (including phenoxy) is 1. The Hall–Kier alpha value is -1.66. The summed E-state index contributed by atoms with van der Waals surface area (Å²) in [6.07, 6.45) is 4.80. The number of hydrogen-bond donors (Lipinski definition) is 0. The highest BCUT2D eigenvalue weighted by atomic mass is 32.1. The lowest BCUT2D eigenvalue weighted by molar-refractivity contribution is 0.246. The molecule has 3 rings (SSSR count). The predicted molar refractivity (Wildman–Crippen MR) is 97.2 cm³/mol. The van der Waals surface area contributed by atoms with E-state index in [1.54, 1.807) is 19.4 Å². The normalized spacial score (nSPS) is 18.9. The molecule has 0 saturated carbocycles. The molecule has 4 nitrogen and oxygen atoms in total. The molecule has 0 N–H and O–H groups in total. The van der Waals surface area contributed by atoms with Crippen molar-refractivity contribution in [2.24, 2.45) is 5.92 Å². The molecule has 0 amide bonds. The Balaban J connectivity index is 0.00000208. The number of halogens is 1. The Morgan fingerprint density at radius 3 is 2.96 bits per heavy atom. The maximum Gasteiger partial charge on any atom is 0.213 e. The highest BCUT2D eigenvalue weighted by molar-refractivity contribution is 7.59. The van der Waals surface area contributed by atoms with Crippen molar-refractivity contribution in [1.29, 1.82) is 0 Å².